The number of rotatable bonds is 10. The third-order valence-electron chi connectivity index (χ3n) is 4.53. The largest absolute Gasteiger partial charge is 0.376 e. The Morgan fingerprint density at radius 3 is 2.93 bits per heavy atom. The van der Waals surface area contributed by atoms with Crippen molar-refractivity contribution < 1.29 is 19.1 Å². The molecule has 1 aromatic carbocycles. The number of hydrogen-bond acceptors (Lipinski definition) is 4. The summed E-state index contributed by atoms with van der Waals surface area (Å²) in [6, 6.07) is 6.75. The van der Waals surface area contributed by atoms with Gasteiger partial charge >= 0.3 is 6.03 Å². The van der Waals surface area contributed by atoms with Crippen molar-refractivity contribution in [3.63, 3.8) is 0 Å². The molecule has 0 spiro atoms. The topological polar surface area (TPSA) is 71.1 Å². The van der Waals surface area contributed by atoms with Crippen LogP contribution in [0, 0.1) is 0 Å². The van der Waals surface area contributed by atoms with Crippen LogP contribution in [0.5, 0.6) is 0 Å². The normalized spacial score (nSPS) is 16.5. The summed E-state index contributed by atoms with van der Waals surface area (Å²) in [4.78, 5) is 28.1. The Balaban J connectivity index is 1.84. The van der Waals surface area contributed by atoms with Crippen molar-refractivity contribution in [1.29, 1.82) is 0 Å². The summed E-state index contributed by atoms with van der Waals surface area (Å²) in [6.45, 7) is 10.3. The lowest BCUT2D eigenvalue weighted by Crippen LogP contribution is -2.44. The quantitative estimate of drug-likeness (QED) is 0.493. The smallest absolute Gasteiger partial charge is 0.322 e. The van der Waals surface area contributed by atoms with Crippen molar-refractivity contribution in [1.82, 2.24) is 9.80 Å². The molecule has 0 bridgehead atoms. The summed E-state index contributed by atoms with van der Waals surface area (Å²) in [5, 5.41) is 2.86. The minimum Gasteiger partial charge on any atom is -0.376 e. The van der Waals surface area contributed by atoms with E-state index in [1.165, 1.54) is 4.90 Å². The van der Waals surface area contributed by atoms with Gasteiger partial charge in [-0.1, -0.05) is 18.2 Å². The van der Waals surface area contributed by atoms with Gasteiger partial charge in [0.2, 0.25) is 5.91 Å². The Hall–Kier alpha value is -2.38. The van der Waals surface area contributed by atoms with Gasteiger partial charge in [-0.25, -0.2) is 4.79 Å². The van der Waals surface area contributed by atoms with Crippen LogP contribution >= 0.6 is 0 Å². The first-order chi connectivity index (χ1) is 13.4. The van der Waals surface area contributed by atoms with Crippen molar-refractivity contribution in [3.05, 3.63) is 42.5 Å². The van der Waals surface area contributed by atoms with E-state index in [0.717, 1.165) is 5.56 Å². The average Bonchev–Trinajstić information content (AvgIpc) is 3.02. The van der Waals surface area contributed by atoms with Gasteiger partial charge in [-0.15, -0.1) is 6.58 Å². The molecule has 0 aliphatic carbocycles. The van der Waals surface area contributed by atoms with E-state index < -0.39 is 6.04 Å². The highest BCUT2D eigenvalue weighted by atomic mass is 16.5. The molecule has 1 aliphatic rings. The molecule has 1 fully saturated rings. The summed E-state index contributed by atoms with van der Waals surface area (Å²) in [5.74, 6) is -0.0386. The average molecular weight is 389 g/mol. The van der Waals surface area contributed by atoms with Crippen LogP contribution in [0.3, 0.4) is 0 Å². The number of carbonyl (C=O) groups is 2. The van der Waals surface area contributed by atoms with Crippen LogP contribution in [-0.2, 0) is 20.9 Å². The fourth-order valence-electron chi connectivity index (χ4n) is 3.04. The lowest BCUT2D eigenvalue weighted by Gasteiger charge is -2.24. The van der Waals surface area contributed by atoms with E-state index >= 15 is 0 Å². The van der Waals surface area contributed by atoms with Crippen molar-refractivity contribution in [3.8, 4) is 0 Å². The zero-order valence-corrected chi connectivity index (χ0v) is 17.0. The van der Waals surface area contributed by atoms with Gasteiger partial charge in [0.15, 0.2) is 0 Å². The van der Waals surface area contributed by atoms with E-state index in [1.807, 2.05) is 38.1 Å². The Morgan fingerprint density at radius 1 is 1.43 bits per heavy atom. The Bertz CT molecular complexity index is 677. The van der Waals surface area contributed by atoms with E-state index in [2.05, 4.69) is 11.9 Å². The van der Waals surface area contributed by atoms with Gasteiger partial charge in [-0.3, -0.25) is 4.79 Å². The Morgan fingerprint density at radius 2 is 2.21 bits per heavy atom. The van der Waals surface area contributed by atoms with E-state index in [9.17, 15) is 9.59 Å². The van der Waals surface area contributed by atoms with Gasteiger partial charge in [-0.2, -0.15) is 0 Å². The lowest BCUT2D eigenvalue weighted by molar-refractivity contribution is -0.130. The first kappa shape index (κ1) is 21.9. The standard InChI is InChI=1S/C21H31N3O4/c1-5-10-24-11-9-19(20(24)25)23(4)21(26)22-18-8-6-7-17(14-18)15-27-12-13-28-16(2)3/h5-8,14,16,19H,1,9-13,15H2,2-4H3,(H,22,26)/t19-/m0/s1. The molecule has 0 unspecified atom stereocenters. The molecule has 1 saturated heterocycles. The third-order valence-corrected chi connectivity index (χ3v) is 4.53. The number of carbonyl (C=O) groups excluding carboxylic acids is 2. The maximum atomic E-state index is 12.6. The molecule has 2 rings (SSSR count). The summed E-state index contributed by atoms with van der Waals surface area (Å²) in [5.41, 5.74) is 1.63. The number of urea groups is 1. The predicted molar refractivity (Wildman–Crippen MR) is 109 cm³/mol. The molecule has 1 aromatic rings. The van der Waals surface area contributed by atoms with Crippen LogP contribution in [0.25, 0.3) is 0 Å². The minimum absolute atomic E-state index is 0.0386. The molecule has 1 N–H and O–H groups in total. The van der Waals surface area contributed by atoms with Crippen LogP contribution in [0.1, 0.15) is 25.8 Å². The predicted octanol–water partition coefficient (Wildman–Crippen LogP) is 2.88. The van der Waals surface area contributed by atoms with E-state index in [-0.39, 0.29) is 18.0 Å². The molecule has 0 saturated carbocycles. The van der Waals surface area contributed by atoms with Crippen LogP contribution in [0.2, 0.25) is 0 Å². The third kappa shape index (κ3) is 6.35. The SMILES string of the molecule is C=CCN1CC[C@H](N(C)C(=O)Nc2cccc(COCCOC(C)C)c2)C1=O. The van der Waals surface area contributed by atoms with Crippen LogP contribution in [0.15, 0.2) is 36.9 Å². The number of hydrogen-bond donors (Lipinski definition) is 1. The number of ether oxygens (including phenoxy) is 2. The Labute approximate surface area is 167 Å². The second kappa shape index (κ2) is 10.8. The molecule has 7 nitrogen and oxygen atoms in total. The summed E-state index contributed by atoms with van der Waals surface area (Å²) >= 11 is 0. The monoisotopic (exact) mass is 389 g/mol. The number of likely N-dealkylation sites (N-methyl/N-ethyl adjacent to an activating group) is 1. The number of nitrogens with one attached hydrogen (secondary N) is 1. The van der Waals surface area contributed by atoms with Gasteiger partial charge in [0.05, 0.1) is 25.9 Å². The number of amides is 3. The highest BCUT2D eigenvalue weighted by Crippen LogP contribution is 2.18. The first-order valence-electron chi connectivity index (χ1n) is 9.64. The molecular formula is C21H31N3O4. The molecule has 1 heterocycles. The zero-order chi connectivity index (χ0) is 20.5. The highest BCUT2D eigenvalue weighted by molar-refractivity contribution is 5.94. The molecule has 0 aromatic heterocycles. The minimum atomic E-state index is -0.438. The van der Waals surface area contributed by atoms with Gasteiger partial charge in [0.1, 0.15) is 6.04 Å². The second-order valence-corrected chi connectivity index (χ2v) is 7.09. The fourth-order valence-corrected chi connectivity index (χ4v) is 3.04. The van der Waals surface area contributed by atoms with E-state index in [1.54, 1.807) is 18.0 Å². The van der Waals surface area contributed by atoms with Crippen molar-refractivity contribution in [2.45, 2.75) is 39.0 Å². The van der Waals surface area contributed by atoms with Crippen LogP contribution in [0.4, 0.5) is 10.5 Å². The van der Waals surface area contributed by atoms with Crippen LogP contribution in [-0.4, -0.2) is 67.2 Å². The second-order valence-electron chi connectivity index (χ2n) is 7.09. The summed E-state index contributed by atoms with van der Waals surface area (Å²) in [6.07, 6.45) is 2.51. The maximum Gasteiger partial charge on any atom is 0.322 e. The summed E-state index contributed by atoms with van der Waals surface area (Å²) in [7, 11) is 1.65. The molecule has 0 radical (unpaired) electrons. The molecule has 154 valence electrons. The number of nitrogens with zero attached hydrogens (tertiary/aromatic N) is 2. The Kier molecular flexibility index (Phi) is 8.47. The number of anilines is 1. The van der Waals surface area contributed by atoms with E-state index in [0.29, 0.717) is 45.0 Å². The van der Waals surface area contributed by atoms with Crippen molar-refractivity contribution in [2.75, 3.05) is 38.7 Å². The van der Waals surface area contributed by atoms with Crippen LogP contribution < -0.4 is 5.32 Å². The first-order valence-corrected chi connectivity index (χ1v) is 9.64. The maximum absolute atomic E-state index is 12.6. The number of benzene rings is 1. The van der Waals surface area contributed by atoms with Gasteiger partial charge in [0.25, 0.3) is 0 Å². The van der Waals surface area contributed by atoms with Crippen molar-refractivity contribution in [2.24, 2.45) is 0 Å². The molecule has 1 aliphatic heterocycles. The highest BCUT2D eigenvalue weighted by Gasteiger charge is 2.35. The van der Waals surface area contributed by atoms with Crippen molar-refractivity contribution >= 4 is 17.6 Å². The summed E-state index contributed by atoms with van der Waals surface area (Å²) < 4.78 is 11.0. The molecule has 7 heteroatoms. The number of likely N-dealkylation sites (tertiary alicyclic amines) is 1. The molecule has 1 atom stereocenters. The molecule has 3 amide bonds. The van der Waals surface area contributed by atoms with E-state index in [4.69, 9.17) is 9.47 Å². The lowest BCUT2D eigenvalue weighted by atomic mass is 10.2. The zero-order valence-electron chi connectivity index (χ0n) is 17.0. The van der Waals surface area contributed by atoms with Gasteiger partial charge < -0.3 is 24.6 Å². The molecule has 28 heavy (non-hydrogen) atoms. The molecular weight excluding hydrogens is 358 g/mol. The van der Waals surface area contributed by atoms with Gasteiger partial charge in [0, 0.05) is 25.8 Å². The fraction of sp³-hybridized carbons (Fsp3) is 0.524. The van der Waals surface area contributed by atoms with Gasteiger partial charge in [-0.05, 0) is 38.0 Å².